The lowest BCUT2D eigenvalue weighted by Crippen LogP contribution is -2.47. The maximum atomic E-state index is 12.1. The van der Waals surface area contributed by atoms with Crippen LogP contribution in [-0.4, -0.2) is 67.9 Å². The van der Waals surface area contributed by atoms with Crippen molar-refractivity contribution < 1.29 is 9.53 Å². The van der Waals surface area contributed by atoms with Crippen LogP contribution in [0.25, 0.3) is 0 Å². The van der Waals surface area contributed by atoms with Crippen molar-refractivity contribution in [2.45, 2.75) is 79.0 Å². The van der Waals surface area contributed by atoms with Gasteiger partial charge in [0.05, 0.1) is 0 Å². The predicted molar refractivity (Wildman–Crippen MR) is 114 cm³/mol. The molecule has 0 saturated carbocycles. The highest BCUT2D eigenvalue weighted by Gasteiger charge is 2.22. The highest BCUT2D eigenvalue weighted by atomic mass is 16.6. The highest BCUT2D eigenvalue weighted by Crippen LogP contribution is 2.11. The third kappa shape index (κ3) is 13.3. The molecule has 0 rings (SSSR count). The summed E-state index contributed by atoms with van der Waals surface area (Å²) in [5.74, 6) is 1.17. The van der Waals surface area contributed by atoms with Crippen molar-refractivity contribution in [2.75, 3.05) is 33.7 Å². The van der Waals surface area contributed by atoms with Crippen molar-refractivity contribution in [2.24, 2.45) is 10.9 Å². The summed E-state index contributed by atoms with van der Waals surface area (Å²) in [6, 6.07) is 0.0444. The number of carbonyl (C=O) groups excluding carboxylic acids is 1. The molecule has 0 aromatic carbocycles. The molecule has 1 amide bonds. The molecule has 1 unspecified atom stereocenters. The number of nitrogens with one attached hydrogen (secondary N) is 3. The van der Waals surface area contributed by atoms with Crippen molar-refractivity contribution >= 4 is 12.1 Å². The molecule has 0 aliphatic heterocycles. The third-order valence-electron chi connectivity index (χ3n) is 3.92. The van der Waals surface area contributed by atoms with E-state index >= 15 is 0 Å². The Morgan fingerprint density at radius 1 is 1.11 bits per heavy atom. The Labute approximate surface area is 166 Å². The predicted octanol–water partition coefficient (Wildman–Crippen LogP) is 2.82. The van der Waals surface area contributed by atoms with E-state index in [9.17, 15) is 4.79 Å². The Bertz CT molecular complexity index is 464. The first kappa shape index (κ1) is 25.5. The number of carbonyl (C=O) groups is 1. The number of ether oxygens (including phenoxy) is 1. The first-order valence-corrected chi connectivity index (χ1v) is 9.91. The molecule has 0 fully saturated rings. The molecule has 0 saturated heterocycles. The first-order valence-electron chi connectivity index (χ1n) is 9.91. The van der Waals surface area contributed by atoms with E-state index in [4.69, 9.17) is 4.74 Å². The number of nitrogens with zero attached hydrogens (tertiary/aromatic N) is 2. The second kappa shape index (κ2) is 11.4. The number of alkyl carbamates (subject to hydrolysis) is 1. The second-order valence-electron chi connectivity index (χ2n) is 9.36. The van der Waals surface area contributed by atoms with Crippen LogP contribution in [0.15, 0.2) is 4.99 Å². The van der Waals surface area contributed by atoms with Gasteiger partial charge in [0.25, 0.3) is 0 Å². The number of amides is 1. The van der Waals surface area contributed by atoms with E-state index in [-0.39, 0.29) is 17.7 Å². The lowest BCUT2D eigenvalue weighted by atomic mass is 10.0. The number of aliphatic imine (C=N–C) groups is 1. The van der Waals surface area contributed by atoms with Crippen LogP contribution in [0.1, 0.15) is 61.8 Å². The summed E-state index contributed by atoms with van der Waals surface area (Å²) in [7, 11) is 3.80. The third-order valence-corrected chi connectivity index (χ3v) is 3.92. The molecule has 1 atom stereocenters. The standard InChI is InChI=1S/C20H43N5O2/c1-15(2)16(24-18(26)27-20(6,7)8)11-14-25(10)17(21-9)22-12-13-23-19(3,4)5/h15-16,23H,11-14H2,1-10H3,(H,21,22)(H,24,26). The Morgan fingerprint density at radius 2 is 1.70 bits per heavy atom. The van der Waals surface area contributed by atoms with Crippen LogP contribution >= 0.6 is 0 Å². The minimum atomic E-state index is -0.491. The highest BCUT2D eigenvalue weighted by molar-refractivity contribution is 5.79. The second-order valence-corrected chi connectivity index (χ2v) is 9.36. The van der Waals surface area contributed by atoms with E-state index < -0.39 is 5.60 Å². The van der Waals surface area contributed by atoms with Crippen LogP contribution < -0.4 is 16.0 Å². The van der Waals surface area contributed by atoms with Crippen molar-refractivity contribution in [1.29, 1.82) is 0 Å². The van der Waals surface area contributed by atoms with Crippen molar-refractivity contribution in [1.82, 2.24) is 20.9 Å². The largest absolute Gasteiger partial charge is 0.444 e. The maximum absolute atomic E-state index is 12.1. The van der Waals surface area contributed by atoms with Crippen LogP contribution in [-0.2, 0) is 4.74 Å². The van der Waals surface area contributed by atoms with Crippen molar-refractivity contribution in [3.05, 3.63) is 0 Å². The summed E-state index contributed by atoms with van der Waals surface area (Å²) in [4.78, 5) is 18.5. The van der Waals surface area contributed by atoms with Crippen LogP contribution in [0, 0.1) is 5.92 Å². The zero-order chi connectivity index (χ0) is 21.3. The normalized spacial score (nSPS) is 14.1. The van der Waals surface area contributed by atoms with Gasteiger partial charge in [-0.05, 0) is 53.9 Å². The summed E-state index contributed by atoms with van der Waals surface area (Å²) < 4.78 is 5.38. The van der Waals surface area contributed by atoms with E-state index in [1.165, 1.54) is 0 Å². The molecule has 160 valence electrons. The fourth-order valence-corrected chi connectivity index (χ4v) is 2.47. The molecule has 27 heavy (non-hydrogen) atoms. The Balaban J connectivity index is 4.49. The van der Waals surface area contributed by atoms with Gasteiger partial charge in [-0.3, -0.25) is 4.99 Å². The quantitative estimate of drug-likeness (QED) is 0.340. The van der Waals surface area contributed by atoms with E-state index in [0.29, 0.717) is 5.92 Å². The molecule has 0 radical (unpaired) electrons. The van der Waals surface area contributed by atoms with Gasteiger partial charge in [0.15, 0.2) is 5.96 Å². The summed E-state index contributed by atoms with van der Waals surface area (Å²) in [5.41, 5.74) is -0.385. The van der Waals surface area contributed by atoms with Gasteiger partial charge in [0.2, 0.25) is 0 Å². The Morgan fingerprint density at radius 3 is 2.15 bits per heavy atom. The molecule has 3 N–H and O–H groups in total. The molecule has 0 bridgehead atoms. The summed E-state index contributed by atoms with van der Waals surface area (Å²) in [6.07, 6.45) is 0.452. The van der Waals surface area contributed by atoms with Gasteiger partial charge in [-0.1, -0.05) is 13.8 Å². The van der Waals surface area contributed by atoms with Crippen LogP contribution in [0.2, 0.25) is 0 Å². The van der Waals surface area contributed by atoms with E-state index in [1.807, 2.05) is 27.8 Å². The van der Waals surface area contributed by atoms with E-state index in [1.54, 1.807) is 7.05 Å². The molecule has 0 aromatic rings. The topological polar surface area (TPSA) is 78.0 Å². The maximum Gasteiger partial charge on any atom is 0.407 e. The van der Waals surface area contributed by atoms with E-state index in [2.05, 4.69) is 60.5 Å². The van der Waals surface area contributed by atoms with Crippen molar-refractivity contribution in [3.8, 4) is 0 Å². The molecular formula is C20H43N5O2. The first-order chi connectivity index (χ1) is 12.2. The average molecular weight is 386 g/mol. The summed E-state index contributed by atoms with van der Waals surface area (Å²) in [6.45, 7) is 18.7. The number of guanidine groups is 1. The smallest absolute Gasteiger partial charge is 0.407 e. The molecule has 0 aromatic heterocycles. The van der Waals surface area contributed by atoms with Crippen LogP contribution in [0.3, 0.4) is 0 Å². The number of hydrogen-bond acceptors (Lipinski definition) is 4. The molecule has 0 aliphatic rings. The van der Waals surface area contributed by atoms with Gasteiger partial charge in [0, 0.05) is 45.3 Å². The molecule has 0 spiro atoms. The zero-order valence-corrected chi connectivity index (χ0v) is 19.2. The SMILES string of the molecule is CN=C(NCCNC(C)(C)C)N(C)CCC(NC(=O)OC(C)(C)C)C(C)C. The molecule has 7 nitrogen and oxygen atoms in total. The monoisotopic (exact) mass is 385 g/mol. The lowest BCUT2D eigenvalue weighted by molar-refractivity contribution is 0.0486. The molecule has 0 aliphatic carbocycles. The minimum absolute atomic E-state index is 0.0444. The fraction of sp³-hybridized carbons (Fsp3) is 0.900. The molecule has 0 heterocycles. The van der Waals surface area contributed by atoms with Gasteiger partial charge < -0.3 is 25.6 Å². The van der Waals surface area contributed by atoms with Crippen LogP contribution in [0.5, 0.6) is 0 Å². The molecular weight excluding hydrogens is 342 g/mol. The van der Waals surface area contributed by atoms with Gasteiger partial charge in [-0.15, -0.1) is 0 Å². The Hall–Kier alpha value is -1.50. The van der Waals surface area contributed by atoms with Gasteiger partial charge >= 0.3 is 6.09 Å². The summed E-state index contributed by atoms with van der Waals surface area (Å²) in [5, 5.41) is 9.81. The van der Waals surface area contributed by atoms with Crippen molar-refractivity contribution in [3.63, 3.8) is 0 Å². The zero-order valence-electron chi connectivity index (χ0n) is 19.2. The van der Waals surface area contributed by atoms with Gasteiger partial charge in [0.1, 0.15) is 5.60 Å². The number of rotatable bonds is 8. The van der Waals surface area contributed by atoms with E-state index in [0.717, 1.165) is 32.0 Å². The average Bonchev–Trinajstić information content (AvgIpc) is 2.48. The lowest BCUT2D eigenvalue weighted by Gasteiger charge is -2.29. The molecule has 7 heteroatoms. The Kier molecular flexibility index (Phi) is 10.7. The summed E-state index contributed by atoms with van der Waals surface area (Å²) >= 11 is 0. The van der Waals surface area contributed by atoms with Gasteiger partial charge in [-0.25, -0.2) is 4.79 Å². The minimum Gasteiger partial charge on any atom is -0.444 e. The fourth-order valence-electron chi connectivity index (χ4n) is 2.47. The van der Waals surface area contributed by atoms with Crippen LogP contribution in [0.4, 0.5) is 4.79 Å². The number of hydrogen-bond donors (Lipinski definition) is 3. The van der Waals surface area contributed by atoms with Gasteiger partial charge in [-0.2, -0.15) is 0 Å².